The van der Waals surface area contributed by atoms with Crippen LogP contribution in [0.3, 0.4) is 0 Å². The fourth-order valence-electron chi connectivity index (χ4n) is 1.27. The van der Waals surface area contributed by atoms with Crippen molar-refractivity contribution in [3.05, 3.63) is 53.5 Å². The number of nitrogens with one attached hydrogen (secondary N) is 1. The Balaban J connectivity index is 2.38. The molecule has 0 fully saturated rings. The Hall–Kier alpha value is -2.31. The first-order chi connectivity index (χ1) is 8.50. The van der Waals surface area contributed by atoms with E-state index in [0.717, 1.165) is 6.26 Å². The highest BCUT2D eigenvalue weighted by Gasteiger charge is 2.22. The molecule has 1 heterocycles. The first-order valence-corrected chi connectivity index (χ1v) is 4.68. The highest BCUT2D eigenvalue weighted by Crippen LogP contribution is 2.24. The van der Waals surface area contributed by atoms with Crippen LogP contribution >= 0.6 is 0 Å². The van der Waals surface area contributed by atoms with Crippen molar-refractivity contribution >= 4 is 11.6 Å². The van der Waals surface area contributed by atoms with Gasteiger partial charge in [0, 0.05) is 6.07 Å². The predicted molar refractivity (Wildman–Crippen MR) is 52.9 cm³/mol. The zero-order valence-corrected chi connectivity index (χ0v) is 8.64. The molecule has 1 aromatic heterocycles. The predicted octanol–water partition coefficient (Wildman–Crippen LogP) is 3.09. The van der Waals surface area contributed by atoms with Gasteiger partial charge in [-0.15, -0.1) is 0 Å². The van der Waals surface area contributed by atoms with Gasteiger partial charge in [-0.3, -0.25) is 4.79 Å². The first kappa shape index (κ1) is 12.2. The van der Waals surface area contributed by atoms with Gasteiger partial charge in [-0.2, -0.15) is 0 Å². The molecule has 0 aliphatic carbocycles. The fraction of sp³-hybridized carbons (Fsp3) is 0. The Morgan fingerprint density at radius 3 is 2.22 bits per heavy atom. The largest absolute Gasteiger partial charge is 0.459 e. The van der Waals surface area contributed by atoms with Gasteiger partial charge in [0.2, 0.25) is 0 Å². The summed E-state index contributed by atoms with van der Waals surface area (Å²) in [6, 6.07) is 2.64. The number of anilines is 1. The standard InChI is InChI=1S/C11H5F4NO2/c12-5-4-6(13)9(15)10(8(5)14)16-11(17)7-2-1-3-18-7/h1-4H,(H,16,17). The summed E-state index contributed by atoms with van der Waals surface area (Å²) in [5.41, 5.74) is -1.20. The second-order valence-electron chi connectivity index (χ2n) is 3.27. The summed E-state index contributed by atoms with van der Waals surface area (Å²) in [5, 5.41) is 1.70. The maximum Gasteiger partial charge on any atom is 0.291 e. The molecule has 0 radical (unpaired) electrons. The molecule has 1 aromatic carbocycles. The summed E-state index contributed by atoms with van der Waals surface area (Å²) in [6.07, 6.45) is 1.16. The van der Waals surface area contributed by atoms with E-state index in [0.29, 0.717) is 0 Å². The monoisotopic (exact) mass is 259 g/mol. The average Bonchev–Trinajstić information content (AvgIpc) is 2.85. The van der Waals surface area contributed by atoms with Crippen LogP contribution < -0.4 is 5.32 Å². The minimum atomic E-state index is -1.69. The summed E-state index contributed by atoms with van der Waals surface area (Å²) in [4.78, 5) is 11.4. The zero-order chi connectivity index (χ0) is 13.3. The van der Waals surface area contributed by atoms with E-state index in [2.05, 4.69) is 4.42 Å². The van der Waals surface area contributed by atoms with Crippen molar-refractivity contribution in [1.82, 2.24) is 0 Å². The van der Waals surface area contributed by atoms with Crippen LogP contribution in [0.1, 0.15) is 10.6 Å². The van der Waals surface area contributed by atoms with Gasteiger partial charge < -0.3 is 9.73 Å². The Morgan fingerprint density at radius 1 is 1.11 bits per heavy atom. The molecule has 0 saturated heterocycles. The number of rotatable bonds is 2. The third-order valence-corrected chi connectivity index (χ3v) is 2.10. The topological polar surface area (TPSA) is 42.2 Å². The van der Waals surface area contributed by atoms with Gasteiger partial charge in [0.05, 0.1) is 6.26 Å². The van der Waals surface area contributed by atoms with Crippen LogP contribution in [0.25, 0.3) is 0 Å². The van der Waals surface area contributed by atoms with Crippen LogP contribution in [0.4, 0.5) is 23.2 Å². The lowest BCUT2D eigenvalue weighted by Crippen LogP contribution is -2.15. The molecule has 0 aliphatic rings. The molecule has 2 rings (SSSR count). The molecule has 0 bridgehead atoms. The average molecular weight is 259 g/mol. The molecule has 2 aromatic rings. The van der Waals surface area contributed by atoms with Gasteiger partial charge in [-0.05, 0) is 12.1 Å². The van der Waals surface area contributed by atoms with E-state index >= 15 is 0 Å². The van der Waals surface area contributed by atoms with Crippen molar-refractivity contribution in [2.24, 2.45) is 0 Å². The summed E-state index contributed by atoms with van der Waals surface area (Å²) >= 11 is 0. The lowest BCUT2D eigenvalue weighted by molar-refractivity contribution is 0.0995. The van der Waals surface area contributed by atoms with E-state index in [9.17, 15) is 22.4 Å². The molecule has 0 atom stereocenters. The van der Waals surface area contributed by atoms with Crippen LogP contribution in [0, 0.1) is 23.3 Å². The number of benzene rings is 1. The van der Waals surface area contributed by atoms with Crippen molar-refractivity contribution in [2.75, 3.05) is 5.32 Å². The van der Waals surface area contributed by atoms with Crippen LogP contribution in [0.15, 0.2) is 28.9 Å². The normalized spacial score (nSPS) is 10.4. The van der Waals surface area contributed by atoms with Gasteiger partial charge >= 0.3 is 0 Å². The van der Waals surface area contributed by atoms with Crippen LogP contribution in [0.5, 0.6) is 0 Å². The minimum Gasteiger partial charge on any atom is -0.459 e. The second kappa shape index (κ2) is 4.52. The molecule has 1 N–H and O–H groups in total. The van der Waals surface area contributed by atoms with Gasteiger partial charge in [-0.1, -0.05) is 0 Å². The van der Waals surface area contributed by atoms with Crippen LogP contribution in [0.2, 0.25) is 0 Å². The number of amides is 1. The Bertz CT molecular complexity index is 569. The van der Waals surface area contributed by atoms with Gasteiger partial charge in [0.15, 0.2) is 29.0 Å². The summed E-state index contributed by atoms with van der Waals surface area (Å²) < 4.78 is 56.8. The lowest BCUT2D eigenvalue weighted by atomic mass is 10.2. The molecule has 18 heavy (non-hydrogen) atoms. The third-order valence-electron chi connectivity index (χ3n) is 2.10. The Labute approximate surface area is 98.0 Å². The molecule has 1 amide bonds. The van der Waals surface area contributed by atoms with E-state index in [1.807, 2.05) is 0 Å². The van der Waals surface area contributed by atoms with E-state index in [1.54, 1.807) is 5.32 Å². The number of furan rings is 1. The Morgan fingerprint density at radius 2 is 1.72 bits per heavy atom. The van der Waals surface area contributed by atoms with Gasteiger partial charge in [-0.25, -0.2) is 17.6 Å². The fourth-order valence-corrected chi connectivity index (χ4v) is 1.27. The van der Waals surface area contributed by atoms with Crippen molar-refractivity contribution < 1.29 is 26.8 Å². The van der Waals surface area contributed by atoms with Gasteiger partial charge in [0.1, 0.15) is 5.69 Å². The smallest absolute Gasteiger partial charge is 0.291 e. The molecule has 0 unspecified atom stereocenters. The van der Waals surface area contributed by atoms with Crippen molar-refractivity contribution in [2.45, 2.75) is 0 Å². The van der Waals surface area contributed by atoms with E-state index in [4.69, 9.17) is 0 Å². The second-order valence-corrected chi connectivity index (χ2v) is 3.27. The number of halogens is 4. The Kier molecular flexibility index (Phi) is 3.05. The molecule has 7 heteroatoms. The van der Waals surface area contributed by atoms with Crippen molar-refractivity contribution in [3.8, 4) is 0 Å². The van der Waals surface area contributed by atoms with Crippen molar-refractivity contribution in [1.29, 1.82) is 0 Å². The van der Waals surface area contributed by atoms with E-state index < -0.39 is 34.9 Å². The summed E-state index contributed by atoms with van der Waals surface area (Å²) in [6.45, 7) is 0. The maximum atomic E-state index is 13.2. The molecule has 3 nitrogen and oxygen atoms in total. The highest BCUT2D eigenvalue weighted by atomic mass is 19.2. The van der Waals surface area contributed by atoms with Crippen molar-refractivity contribution in [3.63, 3.8) is 0 Å². The van der Waals surface area contributed by atoms with Crippen LogP contribution in [-0.2, 0) is 0 Å². The first-order valence-electron chi connectivity index (χ1n) is 4.68. The number of carbonyl (C=O) groups excluding carboxylic acids is 1. The van der Waals surface area contributed by atoms with E-state index in [1.165, 1.54) is 12.1 Å². The molecule has 94 valence electrons. The van der Waals surface area contributed by atoms with Crippen LogP contribution in [-0.4, -0.2) is 5.91 Å². The number of hydrogen-bond acceptors (Lipinski definition) is 2. The SMILES string of the molecule is O=C(Nc1c(F)c(F)cc(F)c1F)c1ccco1. The zero-order valence-electron chi connectivity index (χ0n) is 8.64. The molecule has 0 spiro atoms. The highest BCUT2D eigenvalue weighted by molar-refractivity contribution is 6.02. The van der Waals surface area contributed by atoms with E-state index in [-0.39, 0.29) is 11.8 Å². The summed E-state index contributed by atoms with van der Waals surface area (Å²) in [7, 11) is 0. The number of hydrogen-bond donors (Lipinski definition) is 1. The lowest BCUT2D eigenvalue weighted by Gasteiger charge is -2.07. The maximum absolute atomic E-state index is 13.2. The minimum absolute atomic E-state index is 0.0488. The van der Waals surface area contributed by atoms with Gasteiger partial charge in [0.25, 0.3) is 5.91 Å². The molecular weight excluding hydrogens is 254 g/mol. The third kappa shape index (κ3) is 2.06. The summed E-state index contributed by atoms with van der Waals surface area (Å²) in [5.74, 6) is -7.86. The number of carbonyl (C=O) groups is 1. The molecule has 0 saturated carbocycles. The quantitative estimate of drug-likeness (QED) is 0.665. The molecular formula is C11H5F4NO2. The molecule has 0 aliphatic heterocycles.